The zero-order valence-corrected chi connectivity index (χ0v) is 17.4. The average Bonchev–Trinajstić information content (AvgIpc) is 2.24. The largest absolute Gasteiger partial charge is 0.689 e. The molecule has 0 aliphatic rings. The maximum absolute atomic E-state index is 11.4. The van der Waals surface area contributed by atoms with Gasteiger partial charge in [0.05, 0.1) is 0 Å². The molecule has 6 nitrogen and oxygen atoms in total. The van der Waals surface area contributed by atoms with E-state index in [1.807, 2.05) is 0 Å². The van der Waals surface area contributed by atoms with E-state index in [9.17, 15) is 14.4 Å². The third kappa shape index (κ3) is 8.91. The van der Waals surface area contributed by atoms with E-state index >= 15 is 0 Å². The van der Waals surface area contributed by atoms with E-state index in [-0.39, 0.29) is 0 Å². The summed E-state index contributed by atoms with van der Waals surface area (Å²) in [6, 6.07) is 0. The summed E-state index contributed by atoms with van der Waals surface area (Å²) in [5, 5.41) is 0. The molecule has 0 atom stereocenters. The quantitative estimate of drug-likeness (QED) is 0.423. The number of rotatable bonds is 3. The van der Waals surface area contributed by atoms with Crippen LogP contribution in [-0.4, -0.2) is 38.8 Å². The molecule has 0 saturated carbocycles. The molecule has 0 heterocycles. The lowest BCUT2D eigenvalue weighted by Crippen LogP contribution is -2.42. The van der Waals surface area contributed by atoms with Crippen LogP contribution in [0.5, 0.6) is 0 Å². The molecule has 0 aromatic heterocycles. The maximum Gasteiger partial charge on any atom is 0.689 e. The van der Waals surface area contributed by atoms with Gasteiger partial charge in [-0.25, -0.2) is 14.4 Å². The second kappa shape index (κ2) is 8.56. The molecule has 0 aromatic carbocycles. The van der Waals surface area contributed by atoms with E-state index in [1.165, 1.54) is 0 Å². The van der Waals surface area contributed by atoms with Crippen molar-refractivity contribution < 1.29 is 27.7 Å². The summed E-state index contributed by atoms with van der Waals surface area (Å²) < 4.78 is 5.54. The number of halogens is 9. The molecular formula is C6HCl9O6Si. The minimum absolute atomic E-state index is 1.54. The second-order valence-electron chi connectivity index (χ2n) is 3.00. The smallest absolute Gasteiger partial charge is 0.454 e. The molecule has 0 radical (unpaired) electrons. The van der Waals surface area contributed by atoms with Gasteiger partial charge in [0.1, 0.15) is 0 Å². The fourth-order valence-electron chi connectivity index (χ4n) is 0.535. The highest BCUT2D eigenvalue weighted by atomic mass is 35.6. The Hall–Kier alpha value is 1.24. The van der Waals surface area contributed by atoms with E-state index in [1.54, 1.807) is 0 Å². The first kappa shape index (κ1) is 23.2. The molecule has 0 saturated heterocycles. The first-order valence-electron chi connectivity index (χ1n) is 4.38. The van der Waals surface area contributed by atoms with Crippen LogP contribution in [0.3, 0.4) is 0 Å². The molecule has 0 aliphatic heterocycles. The van der Waals surface area contributed by atoms with Gasteiger partial charge in [0.15, 0.2) is 0 Å². The van der Waals surface area contributed by atoms with Crippen LogP contribution >= 0.6 is 104 Å². The van der Waals surface area contributed by atoms with Gasteiger partial charge in [-0.1, -0.05) is 104 Å². The lowest BCUT2D eigenvalue weighted by atomic mass is 10.8. The highest BCUT2D eigenvalue weighted by Gasteiger charge is 2.45. The van der Waals surface area contributed by atoms with Crippen molar-refractivity contribution in [3.63, 3.8) is 0 Å². The molecule has 0 unspecified atom stereocenters. The molecule has 22 heavy (non-hydrogen) atoms. The predicted octanol–water partition coefficient (Wildman–Crippen LogP) is 3.44. The van der Waals surface area contributed by atoms with E-state index in [0.29, 0.717) is 0 Å². The number of hydrogen-bond acceptors (Lipinski definition) is 6. The normalized spacial score (nSPS) is 12.8. The first-order valence-corrected chi connectivity index (χ1v) is 9.20. The van der Waals surface area contributed by atoms with Gasteiger partial charge in [-0.15, -0.1) is 0 Å². The van der Waals surface area contributed by atoms with E-state index in [0.717, 1.165) is 0 Å². The van der Waals surface area contributed by atoms with Crippen molar-refractivity contribution in [3.05, 3.63) is 0 Å². The Kier molecular flexibility index (Phi) is 9.04. The average molecular weight is 516 g/mol. The molecule has 0 rings (SSSR count). The molecule has 128 valence electrons. The van der Waals surface area contributed by atoms with Crippen molar-refractivity contribution in [1.29, 1.82) is 0 Å². The Morgan fingerprint density at radius 3 is 0.864 bits per heavy atom. The van der Waals surface area contributed by atoms with Crippen molar-refractivity contribution in [3.8, 4) is 0 Å². The van der Waals surface area contributed by atoms with Gasteiger partial charge in [-0.05, 0) is 0 Å². The van der Waals surface area contributed by atoms with Crippen LogP contribution in [-0.2, 0) is 27.7 Å². The van der Waals surface area contributed by atoms with Crippen molar-refractivity contribution in [2.75, 3.05) is 0 Å². The Morgan fingerprint density at radius 2 is 0.727 bits per heavy atom. The summed E-state index contributed by atoms with van der Waals surface area (Å²) >= 11 is 47.0. The highest BCUT2D eigenvalue weighted by Crippen LogP contribution is 2.31. The Bertz CT molecular complexity index is 384. The minimum Gasteiger partial charge on any atom is -0.454 e. The molecule has 0 aromatic rings. The molecule has 0 spiro atoms. The van der Waals surface area contributed by atoms with Crippen LogP contribution in [0.2, 0.25) is 0 Å². The summed E-state index contributed by atoms with van der Waals surface area (Å²) in [4.78, 5) is 34.1. The zero-order valence-electron chi connectivity index (χ0n) is 9.43. The predicted molar refractivity (Wildman–Crippen MR) is 86.3 cm³/mol. The zero-order chi connectivity index (χ0) is 17.9. The van der Waals surface area contributed by atoms with Gasteiger partial charge in [0, 0.05) is 0 Å². The summed E-state index contributed by atoms with van der Waals surface area (Å²) in [6.45, 7) is 0. The van der Waals surface area contributed by atoms with Crippen molar-refractivity contribution in [2.45, 2.75) is 11.4 Å². The van der Waals surface area contributed by atoms with Crippen molar-refractivity contribution in [2.24, 2.45) is 0 Å². The fourth-order valence-corrected chi connectivity index (χ4v) is 2.81. The standard InChI is InChI=1S/C6HCl9O6Si/c7-4(8,9)1(16)19-22(20-2(17)5(10,11)12)21-3(18)6(13,14)15/h22H. The van der Waals surface area contributed by atoms with Gasteiger partial charge in [-0.2, -0.15) is 0 Å². The minimum atomic E-state index is -4.02. The summed E-state index contributed by atoms with van der Waals surface area (Å²) in [7, 11) is -4.02. The first-order chi connectivity index (χ1) is 9.55. The lowest BCUT2D eigenvalue weighted by Gasteiger charge is -2.21. The van der Waals surface area contributed by atoms with Gasteiger partial charge in [-0.3, -0.25) is 0 Å². The number of carbonyl (C=O) groups excluding carboxylic acids is 3. The highest BCUT2D eigenvalue weighted by molar-refractivity contribution is 6.78. The Morgan fingerprint density at radius 1 is 0.545 bits per heavy atom. The molecule has 16 heteroatoms. The molecule has 0 fully saturated rings. The summed E-state index contributed by atoms with van der Waals surface area (Å²) in [5.74, 6) is -4.62. The number of carbonyl (C=O) groups is 3. The molecule has 0 bridgehead atoms. The summed E-state index contributed by atoms with van der Waals surface area (Å²) in [5.41, 5.74) is 0. The van der Waals surface area contributed by atoms with Crippen LogP contribution in [0, 0.1) is 0 Å². The molecule has 0 amide bonds. The third-order valence-corrected chi connectivity index (χ3v) is 3.91. The van der Waals surface area contributed by atoms with Gasteiger partial charge in [0.25, 0.3) is 11.4 Å². The monoisotopic (exact) mass is 512 g/mol. The maximum atomic E-state index is 11.4. The van der Waals surface area contributed by atoms with E-state index in [4.69, 9.17) is 104 Å². The number of alkyl halides is 9. The fraction of sp³-hybridized carbons (Fsp3) is 0.500. The van der Waals surface area contributed by atoms with Crippen molar-refractivity contribution in [1.82, 2.24) is 0 Å². The van der Waals surface area contributed by atoms with Crippen LogP contribution < -0.4 is 0 Å². The SMILES string of the molecule is O=C(O[SiH](OC(=O)C(Cl)(Cl)Cl)OC(=O)C(Cl)(Cl)Cl)C(Cl)(Cl)Cl. The van der Waals surface area contributed by atoms with Crippen LogP contribution in [0.15, 0.2) is 0 Å². The molecular weight excluding hydrogens is 515 g/mol. The van der Waals surface area contributed by atoms with Crippen molar-refractivity contribution >= 4 is 132 Å². The van der Waals surface area contributed by atoms with Crippen LogP contribution in [0.25, 0.3) is 0 Å². The topological polar surface area (TPSA) is 78.9 Å². The van der Waals surface area contributed by atoms with Gasteiger partial charge < -0.3 is 13.3 Å². The second-order valence-corrected chi connectivity index (χ2v) is 11.1. The Balaban J connectivity index is 5.12. The summed E-state index contributed by atoms with van der Waals surface area (Å²) in [6.07, 6.45) is 0. The Labute approximate surface area is 169 Å². The van der Waals surface area contributed by atoms with E-state index in [2.05, 4.69) is 13.3 Å². The molecule has 0 aliphatic carbocycles. The van der Waals surface area contributed by atoms with Crippen LogP contribution in [0.1, 0.15) is 0 Å². The molecule has 0 N–H and O–H groups in total. The van der Waals surface area contributed by atoms with Gasteiger partial charge >= 0.3 is 27.4 Å². The third-order valence-electron chi connectivity index (χ3n) is 1.30. The lowest BCUT2D eigenvalue weighted by molar-refractivity contribution is -0.146. The van der Waals surface area contributed by atoms with E-state index < -0.39 is 38.8 Å². The number of hydrogen-bond donors (Lipinski definition) is 0. The van der Waals surface area contributed by atoms with Gasteiger partial charge in [0.2, 0.25) is 0 Å². The van der Waals surface area contributed by atoms with Crippen LogP contribution in [0.4, 0.5) is 0 Å².